The molecule has 1 saturated heterocycles. The Hall–Kier alpha value is -2.04. The molecule has 130 valence electrons. The molecule has 2 aliphatic rings. The number of rotatable bonds is 6. The van der Waals surface area contributed by atoms with Gasteiger partial charge in [-0.3, -0.25) is 9.59 Å². The van der Waals surface area contributed by atoms with Crippen molar-refractivity contribution in [2.45, 2.75) is 38.5 Å². The first-order valence-corrected chi connectivity index (χ1v) is 8.77. The molecule has 2 N–H and O–H groups in total. The molecule has 2 fully saturated rings. The van der Waals surface area contributed by atoms with Gasteiger partial charge in [0.15, 0.2) is 0 Å². The number of primary amides is 1. The Bertz CT molecular complexity index is 625. The van der Waals surface area contributed by atoms with Crippen molar-refractivity contribution in [2.75, 3.05) is 20.2 Å². The van der Waals surface area contributed by atoms with Crippen LogP contribution >= 0.6 is 0 Å². The molecular formula is C19H26N2O3. The molecule has 24 heavy (non-hydrogen) atoms. The van der Waals surface area contributed by atoms with Crippen LogP contribution in [-0.4, -0.2) is 36.9 Å². The van der Waals surface area contributed by atoms with Gasteiger partial charge in [-0.25, -0.2) is 0 Å². The van der Waals surface area contributed by atoms with E-state index in [1.165, 1.54) is 5.56 Å². The van der Waals surface area contributed by atoms with E-state index in [9.17, 15) is 9.59 Å². The smallest absolute Gasteiger partial charge is 0.238 e. The molecule has 5 nitrogen and oxygen atoms in total. The topological polar surface area (TPSA) is 72.6 Å². The van der Waals surface area contributed by atoms with E-state index in [1.54, 1.807) is 7.11 Å². The molecule has 0 bridgehead atoms. The minimum absolute atomic E-state index is 0.0407. The lowest BCUT2D eigenvalue weighted by Crippen LogP contribution is -2.47. The van der Waals surface area contributed by atoms with Gasteiger partial charge in [-0.15, -0.1) is 0 Å². The van der Waals surface area contributed by atoms with Crippen LogP contribution < -0.4 is 10.5 Å². The number of carbonyl (C=O) groups excluding carboxylic acids is 2. The van der Waals surface area contributed by atoms with E-state index in [1.807, 2.05) is 17.0 Å². The van der Waals surface area contributed by atoms with E-state index >= 15 is 0 Å². The molecule has 1 aliphatic heterocycles. The average molecular weight is 330 g/mol. The molecule has 1 aromatic rings. The summed E-state index contributed by atoms with van der Waals surface area (Å²) in [5.41, 5.74) is 5.82. The molecule has 0 spiro atoms. The predicted molar refractivity (Wildman–Crippen MR) is 91.5 cm³/mol. The first-order chi connectivity index (χ1) is 11.5. The molecular weight excluding hydrogens is 304 g/mol. The fourth-order valence-electron chi connectivity index (χ4n) is 3.68. The van der Waals surface area contributed by atoms with E-state index in [0.717, 1.165) is 44.5 Å². The second-order valence-electron chi connectivity index (χ2n) is 7.10. The third-order valence-corrected chi connectivity index (χ3v) is 5.41. The first kappa shape index (κ1) is 16.8. The summed E-state index contributed by atoms with van der Waals surface area (Å²) in [4.78, 5) is 26.1. The highest BCUT2D eigenvalue weighted by atomic mass is 16.5. The van der Waals surface area contributed by atoms with Crippen LogP contribution in [-0.2, 0) is 16.0 Å². The summed E-state index contributed by atoms with van der Waals surface area (Å²) in [5.74, 6) is 0.870. The van der Waals surface area contributed by atoms with Gasteiger partial charge in [0.05, 0.1) is 7.11 Å². The molecule has 1 aliphatic carbocycles. The van der Waals surface area contributed by atoms with Crippen LogP contribution in [0.5, 0.6) is 5.75 Å². The van der Waals surface area contributed by atoms with E-state index in [0.29, 0.717) is 18.8 Å². The molecule has 1 atom stereocenters. The maximum Gasteiger partial charge on any atom is 0.238 e. The Labute approximate surface area is 143 Å². The van der Waals surface area contributed by atoms with Gasteiger partial charge in [-0.1, -0.05) is 12.1 Å². The Balaban J connectivity index is 1.56. The number of hydrogen-bond donors (Lipinski definition) is 1. The number of aryl methyl sites for hydroxylation is 1. The molecule has 2 amide bonds. The maximum absolute atomic E-state index is 12.6. The van der Waals surface area contributed by atoms with Gasteiger partial charge in [0.1, 0.15) is 11.2 Å². The van der Waals surface area contributed by atoms with E-state index in [2.05, 4.69) is 12.1 Å². The highest BCUT2D eigenvalue weighted by molar-refractivity contribution is 6.07. The highest BCUT2D eigenvalue weighted by Crippen LogP contribution is 2.47. The molecule has 1 aromatic carbocycles. The fourth-order valence-corrected chi connectivity index (χ4v) is 3.68. The predicted octanol–water partition coefficient (Wildman–Crippen LogP) is 2.13. The molecule has 1 heterocycles. The molecule has 3 rings (SSSR count). The summed E-state index contributed by atoms with van der Waals surface area (Å²) in [6.07, 6.45) is 5.39. The van der Waals surface area contributed by atoms with Gasteiger partial charge in [0.2, 0.25) is 11.8 Å². The SMILES string of the molecule is COc1cccc(CCC2CCCN(C(=O)C3(C(N)=O)CC3)C2)c1. The van der Waals surface area contributed by atoms with Crippen LogP contribution in [0, 0.1) is 11.3 Å². The number of piperidine rings is 1. The van der Waals surface area contributed by atoms with Crippen LogP contribution in [0.3, 0.4) is 0 Å². The zero-order valence-corrected chi connectivity index (χ0v) is 14.3. The zero-order valence-electron chi connectivity index (χ0n) is 14.3. The number of benzene rings is 1. The number of methoxy groups -OCH3 is 1. The monoisotopic (exact) mass is 330 g/mol. The largest absolute Gasteiger partial charge is 0.497 e. The number of carbonyl (C=O) groups is 2. The van der Waals surface area contributed by atoms with Gasteiger partial charge in [-0.2, -0.15) is 0 Å². The third-order valence-electron chi connectivity index (χ3n) is 5.41. The van der Waals surface area contributed by atoms with Crippen molar-refractivity contribution >= 4 is 11.8 Å². The Morgan fingerprint density at radius 3 is 2.83 bits per heavy atom. The normalized spacial score (nSPS) is 22.0. The van der Waals surface area contributed by atoms with Gasteiger partial charge in [0, 0.05) is 13.1 Å². The van der Waals surface area contributed by atoms with E-state index in [4.69, 9.17) is 10.5 Å². The van der Waals surface area contributed by atoms with Crippen molar-refractivity contribution in [3.8, 4) is 5.75 Å². The van der Waals surface area contributed by atoms with Crippen LogP contribution in [0.15, 0.2) is 24.3 Å². The quantitative estimate of drug-likeness (QED) is 0.812. The number of hydrogen-bond acceptors (Lipinski definition) is 3. The van der Waals surface area contributed by atoms with Gasteiger partial charge in [-0.05, 0) is 62.1 Å². The summed E-state index contributed by atoms with van der Waals surface area (Å²) in [6, 6.07) is 8.14. The fraction of sp³-hybridized carbons (Fsp3) is 0.579. The molecule has 0 aromatic heterocycles. The lowest BCUT2D eigenvalue weighted by atomic mass is 9.90. The van der Waals surface area contributed by atoms with Crippen LogP contribution in [0.4, 0.5) is 0 Å². The summed E-state index contributed by atoms with van der Waals surface area (Å²) in [6.45, 7) is 1.50. The van der Waals surface area contributed by atoms with Crippen LogP contribution in [0.25, 0.3) is 0 Å². The Morgan fingerprint density at radius 1 is 1.38 bits per heavy atom. The van der Waals surface area contributed by atoms with Crippen LogP contribution in [0.1, 0.15) is 37.7 Å². The highest BCUT2D eigenvalue weighted by Gasteiger charge is 2.57. The van der Waals surface area contributed by atoms with E-state index in [-0.39, 0.29) is 5.91 Å². The summed E-state index contributed by atoms with van der Waals surface area (Å²) < 4.78 is 5.27. The number of nitrogens with two attached hydrogens (primary N) is 1. The van der Waals surface area contributed by atoms with Crippen molar-refractivity contribution in [1.29, 1.82) is 0 Å². The van der Waals surface area contributed by atoms with Crippen molar-refractivity contribution in [1.82, 2.24) is 4.90 Å². The summed E-state index contributed by atoms with van der Waals surface area (Å²) >= 11 is 0. The van der Waals surface area contributed by atoms with Crippen molar-refractivity contribution in [3.05, 3.63) is 29.8 Å². The summed E-state index contributed by atoms with van der Waals surface area (Å²) in [7, 11) is 1.68. The Morgan fingerprint density at radius 2 is 2.17 bits per heavy atom. The minimum Gasteiger partial charge on any atom is -0.497 e. The van der Waals surface area contributed by atoms with Crippen molar-refractivity contribution < 1.29 is 14.3 Å². The van der Waals surface area contributed by atoms with Crippen molar-refractivity contribution in [2.24, 2.45) is 17.1 Å². The van der Waals surface area contributed by atoms with Gasteiger partial charge < -0.3 is 15.4 Å². The zero-order chi connectivity index (χ0) is 17.2. The number of likely N-dealkylation sites (tertiary alicyclic amines) is 1. The van der Waals surface area contributed by atoms with Crippen molar-refractivity contribution in [3.63, 3.8) is 0 Å². The Kier molecular flexibility index (Phi) is 4.78. The van der Waals surface area contributed by atoms with E-state index < -0.39 is 11.3 Å². The summed E-state index contributed by atoms with van der Waals surface area (Å²) in [5, 5.41) is 0. The second-order valence-corrected chi connectivity index (χ2v) is 7.10. The van der Waals surface area contributed by atoms with Gasteiger partial charge in [0.25, 0.3) is 0 Å². The number of nitrogens with zero attached hydrogens (tertiary/aromatic N) is 1. The number of ether oxygens (including phenoxy) is 1. The standard InChI is InChI=1S/C19H26N2O3/c1-24-16-6-2-4-14(12-16)7-8-15-5-3-11-21(13-15)18(23)19(9-10-19)17(20)22/h2,4,6,12,15H,3,5,7-11,13H2,1H3,(H2,20,22). The third kappa shape index (κ3) is 3.40. The lowest BCUT2D eigenvalue weighted by Gasteiger charge is -2.34. The molecule has 1 unspecified atom stereocenters. The van der Waals surface area contributed by atoms with Crippen LogP contribution in [0.2, 0.25) is 0 Å². The molecule has 5 heteroatoms. The average Bonchev–Trinajstić information content (AvgIpc) is 3.42. The minimum atomic E-state index is -0.880. The maximum atomic E-state index is 12.6. The second kappa shape index (κ2) is 6.83. The molecule has 1 saturated carbocycles. The molecule has 0 radical (unpaired) electrons. The first-order valence-electron chi connectivity index (χ1n) is 8.77. The van der Waals surface area contributed by atoms with Gasteiger partial charge >= 0.3 is 0 Å². The lowest BCUT2D eigenvalue weighted by molar-refractivity contribution is -0.144. The number of amides is 2.